The molecule has 2 saturated carbocycles. The molecule has 0 saturated heterocycles. The number of rotatable bonds is 9. The fourth-order valence-electron chi connectivity index (χ4n) is 3.45. The van der Waals surface area contributed by atoms with Crippen molar-refractivity contribution >= 4 is 18.1 Å². The monoisotopic (exact) mass is 444 g/mol. The number of amidine groups is 1. The number of pyridine rings is 2. The number of halogens is 1. The van der Waals surface area contributed by atoms with E-state index in [2.05, 4.69) is 21.9 Å². The Bertz CT molecular complexity index is 1150. The Kier molecular flexibility index (Phi) is 6.53. The van der Waals surface area contributed by atoms with Gasteiger partial charge in [0.1, 0.15) is 17.4 Å². The molecule has 168 valence electrons. The number of nitrogens with one attached hydrogen (secondary N) is 3. The van der Waals surface area contributed by atoms with Crippen molar-refractivity contribution in [3.63, 3.8) is 0 Å². The van der Waals surface area contributed by atoms with Crippen LogP contribution in [0.25, 0.3) is 11.1 Å². The number of carbonyl (C=O) groups excluding carboxylic acids is 1. The van der Waals surface area contributed by atoms with Crippen molar-refractivity contribution in [3.8, 4) is 11.1 Å². The largest absolute Gasteiger partial charge is 0.324 e. The summed E-state index contributed by atoms with van der Waals surface area (Å²) < 4.78 is 14.9. The summed E-state index contributed by atoms with van der Waals surface area (Å²) >= 11 is 0. The average Bonchev–Trinajstić information content (AvgIpc) is 3.75. The molecule has 2 heterocycles. The number of hydrogen-bond donors (Lipinski definition) is 3. The van der Waals surface area contributed by atoms with Crippen LogP contribution in [0.2, 0.25) is 0 Å². The Hall–Kier alpha value is -3.94. The topological polar surface area (TPSA) is 106 Å². The number of nitrogens with zero attached hydrogens (tertiary/aromatic N) is 3. The van der Waals surface area contributed by atoms with Gasteiger partial charge < -0.3 is 10.2 Å². The molecule has 0 unspecified atom stereocenters. The zero-order valence-corrected chi connectivity index (χ0v) is 18.1. The summed E-state index contributed by atoms with van der Waals surface area (Å²) in [6.07, 6.45) is 12.0. The number of amides is 1. The fourth-order valence-corrected chi connectivity index (χ4v) is 3.45. The Morgan fingerprint density at radius 2 is 1.97 bits per heavy atom. The first kappa shape index (κ1) is 22.3. The van der Waals surface area contributed by atoms with Gasteiger partial charge in [-0.3, -0.25) is 25.6 Å². The lowest BCUT2D eigenvalue weighted by Gasteiger charge is -2.20. The molecule has 0 spiro atoms. The van der Waals surface area contributed by atoms with Crippen LogP contribution in [0.5, 0.6) is 0 Å². The normalized spacial score (nSPS) is 16.2. The summed E-state index contributed by atoms with van der Waals surface area (Å²) in [5, 5.41) is 18.2. The van der Waals surface area contributed by atoms with Gasteiger partial charge in [0.15, 0.2) is 0 Å². The zero-order chi connectivity index (χ0) is 23.4. The third-order valence-corrected chi connectivity index (χ3v) is 5.57. The van der Waals surface area contributed by atoms with Crippen molar-refractivity contribution < 1.29 is 9.18 Å². The Balaban J connectivity index is 1.47. The van der Waals surface area contributed by atoms with Crippen molar-refractivity contribution in [2.75, 3.05) is 0 Å². The predicted molar refractivity (Wildman–Crippen MR) is 126 cm³/mol. The average molecular weight is 445 g/mol. The highest BCUT2D eigenvalue weighted by Crippen LogP contribution is 2.39. The molecule has 7 nitrogen and oxygen atoms in total. The van der Waals surface area contributed by atoms with Crippen LogP contribution in [0.1, 0.15) is 47.8 Å². The van der Waals surface area contributed by atoms with E-state index in [0.717, 1.165) is 42.2 Å². The smallest absolute Gasteiger partial charge is 0.273 e. The molecule has 8 heteroatoms. The van der Waals surface area contributed by atoms with Crippen molar-refractivity contribution in [1.29, 1.82) is 10.8 Å². The van der Waals surface area contributed by atoms with E-state index in [1.54, 1.807) is 18.3 Å². The molecule has 2 aromatic rings. The van der Waals surface area contributed by atoms with Gasteiger partial charge in [-0.25, -0.2) is 4.39 Å². The Morgan fingerprint density at radius 1 is 1.18 bits per heavy atom. The van der Waals surface area contributed by atoms with E-state index in [9.17, 15) is 9.18 Å². The molecule has 0 aliphatic heterocycles. The van der Waals surface area contributed by atoms with Crippen LogP contribution in [0.15, 0.2) is 73.0 Å². The SMILES string of the molecule is C=C/C=C(C(=N)N(C=N)C1CC1)\C(F)=C\NC(=O)c1cc(-c2ccc(C3CC3)nc2)ccn1. The summed E-state index contributed by atoms with van der Waals surface area (Å²) in [7, 11) is 0. The summed E-state index contributed by atoms with van der Waals surface area (Å²) in [6.45, 7) is 3.57. The molecule has 1 amide bonds. The molecule has 2 fully saturated rings. The summed E-state index contributed by atoms with van der Waals surface area (Å²) in [5.41, 5.74) is 2.81. The highest BCUT2D eigenvalue weighted by Gasteiger charge is 2.31. The maximum atomic E-state index is 14.9. The van der Waals surface area contributed by atoms with E-state index < -0.39 is 11.7 Å². The number of allylic oxidation sites excluding steroid dienone is 2. The van der Waals surface area contributed by atoms with E-state index >= 15 is 0 Å². The van der Waals surface area contributed by atoms with Crippen molar-refractivity contribution in [2.24, 2.45) is 0 Å². The molecule has 0 radical (unpaired) electrons. The lowest BCUT2D eigenvalue weighted by molar-refractivity contribution is 0.0964. The van der Waals surface area contributed by atoms with Crippen LogP contribution in [-0.2, 0) is 0 Å². The van der Waals surface area contributed by atoms with Crippen molar-refractivity contribution in [2.45, 2.75) is 37.6 Å². The highest BCUT2D eigenvalue weighted by atomic mass is 19.1. The van der Waals surface area contributed by atoms with Gasteiger partial charge in [-0.05, 0) is 55.5 Å². The van der Waals surface area contributed by atoms with Gasteiger partial charge in [-0.15, -0.1) is 0 Å². The second kappa shape index (κ2) is 9.68. The zero-order valence-electron chi connectivity index (χ0n) is 18.1. The van der Waals surface area contributed by atoms with Crippen LogP contribution < -0.4 is 5.32 Å². The molecule has 3 N–H and O–H groups in total. The molecule has 0 aromatic carbocycles. The lowest BCUT2D eigenvalue weighted by Crippen LogP contribution is -2.32. The van der Waals surface area contributed by atoms with E-state index in [1.807, 2.05) is 12.1 Å². The van der Waals surface area contributed by atoms with E-state index in [1.165, 1.54) is 36.1 Å². The second-order valence-electron chi connectivity index (χ2n) is 8.07. The van der Waals surface area contributed by atoms with E-state index in [4.69, 9.17) is 10.8 Å². The van der Waals surface area contributed by atoms with E-state index in [-0.39, 0.29) is 23.1 Å². The van der Waals surface area contributed by atoms with Gasteiger partial charge in [0.05, 0.1) is 11.9 Å². The number of aromatic nitrogens is 2. The molecule has 2 aromatic heterocycles. The van der Waals surface area contributed by atoms with Gasteiger partial charge in [0.25, 0.3) is 5.91 Å². The second-order valence-corrected chi connectivity index (χ2v) is 8.07. The third-order valence-electron chi connectivity index (χ3n) is 5.57. The highest BCUT2D eigenvalue weighted by molar-refractivity contribution is 6.05. The minimum Gasteiger partial charge on any atom is -0.324 e. The van der Waals surface area contributed by atoms with Gasteiger partial charge in [0, 0.05) is 41.8 Å². The van der Waals surface area contributed by atoms with Crippen molar-refractivity contribution in [1.82, 2.24) is 20.2 Å². The van der Waals surface area contributed by atoms with E-state index in [0.29, 0.717) is 5.92 Å². The maximum Gasteiger partial charge on any atom is 0.273 e. The van der Waals surface area contributed by atoms with Crippen LogP contribution in [0, 0.1) is 10.8 Å². The molecule has 33 heavy (non-hydrogen) atoms. The molecule has 2 aliphatic rings. The summed E-state index contributed by atoms with van der Waals surface area (Å²) in [4.78, 5) is 22.6. The van der Waals surface area contributed by atoms with Crippen LogP contribution in [0.4, 0.5) is 4.39 Å². The summed E-state index contributed by atoms with van der Waals surface area (Å²) in [5.74, 6) is -0.976. The molecular weight excluding hydrogens is 419 g/mol. The fraction of sp³-hybridized carbons (Fsp3) is 0.240. The van der Waals surface area contributed by atoms with Crippen LogP contribution >= 0.6 is 0 Å². The maximum absolute atomic E-state index is 14.9. The van der Waals surface area contributed by atoms with Gasteiger partial charge >= 0.3 is 0 Å². The first-order valence-electron chi connectivity index (χ1n) is 10.8. The van der Waals surface area contributed by atoms with Gasteiger partial charge in [-0.1, -0.05) is 18.7 Å². The summed E-state index contributed by atoms with van der Waals surface area (Å²) in [6, 6.07) is 7.43. The molecule has 4 rings (SSSR count). The first-order valence-corrected chi connectivity index (χ1v) is 10.8. The van der Waals surface area contributed by atoms with Gasteiger partial charge in [-0.2, -0.15) is 0 Å². The van der Waals surface area contributed by atoms with Crippen LogP contribution in [-0.4, -0.2) is 39.0 Å². The number of hydrogen-bond acceptors (Lipinski definition) is 5. The van der Waals surface area contributed by atoms with Crippen molar-refractivity contribution in [3.05, 3.63) is 84.4 Å². The Morgan fingerprint density at radius 3 is 2.58 bits per heavy atom. The lowest BCUT2D eigenvalue weighted by atomic mass is 10.1. The minimum atomic E-state index is -0.809. The quantitative estimate of drug-likeness (QED) is 0.295. The number of carbonyl (C=O) groups is 1. The van der Waals surface area contributed by atoms with Crippen LogP contribution in [0.3, 0.4) is 0 Å². The molecule has 2 aliphatic carbocycles. The molecular formula is C25H25FN6O. The Labute approximate surface area is 191 Å². The predicted octanol–water partition coefficient (Wildman–Crippen LogP) is 4.72. The molecule has 0 bridgehead atoms. The first-order chi connectivity index (χ1) is 16.0. The minimum absolute atomic E-state index is 0.0328. The standard InChI is InChI=1S/C25H25FN6O/c1-2-3-20(24(28)32(15-27)19-7-8-19)21(26)14-31-25(33)23-12-17(10-11-29-23)18-6-9-22(30-13-18)16-4-5-16/h2-3,6,9-16,19,27-28H,1,4-5,7-8H2,(H,31,33)/b20-3+,21-14-,27-15?,28-24?. The third kappa shape index (κ3) is 5.28. The molecule has 0 atom stereocenters. The van der Waals surface area contributed by atoms with Gasteiger partial charge in [0.2, 0.25) is 0 Å².